The molecular weight excluding hydrogens is 396 g/mol. The summed E-state index contributed by atoms with van der Waals surface area (Å²) in [6, 6.07) is 19.6. The number of carbonyl (C=O) groups excluding carboxylic acids is 2. The molecule has 3 rings (SSSR count). The van der Waals surface area contributed by atoms with Crippen LogP contribution in [0.5, 0.6) is 0 Å². The molecule has 156 valence electrons. The molecule has 0 bridgehead atoms. The Morgan fingerprint density at radius 3 is 2.23 bits per heavy atom. The minimum Gasteiger partial charge on any atom is -0.322 e. The van der Waals surface area contributed by atoms with Crippen molar-refractivity contribution in [2.45, 2.75) is 13.8 Å². The summed E-state index contributed by atoms with van der Waals surface area (Å²) in [5.41, 5.74) is 5.78. The molecule has 0 aliphatic heterocycles. The molecule has 2 N–H and O–H groups in total. The first-order valence-electron chi connectivity index (χ1n) is 9.41. The number of amides is 2. The van der Waals surface area contributed by atoms with Crippen molar-refractivity contribution in [1.29, 1.82) is 0 Å². The largest absolute Gasteiger partial charge is 0.322 e. The SMILES string of the molecule is C/C(=N\NC(=O)c1ccc(NC(=O)c2cccc(C)c2)cc1)c1cccc([N+](=O)[O-])c1. The van der Waals surface area contributed by atoms with E-state index in [1.807, 2.05) is 19.1 Å². The molecule has 8 nitrogen and oxygen atoms in total. The summed E-state index contributed by atoms with van der Waals surface area (Å²) in [6.45, 7) is 3.55. The standard InChI is InChI=1S/C23H20N4O4/c1-15-5-3-7-19(13-15)22(28)24-20-11-9-17(10-12-20)23(29)26-25-16(2)18-6-4-8-21(14-18)27(30)31/h3-14H,1-2H3,(H,24,28)(H,26,29)/b25-16+. The highest BCUT2D eigenvalue weighted by molar-refractivity contribution is 6.05. The van der Waals surface area contributed by atoms with Crippen LogP contribution in [0.1, 0.15) is 38.8 Å². The van der Waals surface area contributed by atoms with Gasteiger partial charge in [0.25, 0.3) is 17.5 Å². The highest BCUT2D eigenvalue weighted by atomic mass is 16.6. The lowest BCUT2D eigenvalue weighted by Crippen LogP contribution is -2.19. The zero-order valence-corrected chi connectivity index (χ0v) is 17.0. The number of nitro groups is 1. The van der Waals surface area contributed by atoms with Gasteiger partial charge < -0.3 is 5.32 Å². The number of hydrogen-bond acceptors (Lipinski definition) is 5. The van der Waals surface area contributed by atoms with E-state index >= 15 is 0 Å². The van der Waals surface area contributed by atoms with Gasteiger partial charge in [-0.05, 0) is 50.2 Å². The van der Waals surface area contributed by atoms with Crippen LogP contribution in [-0.4, -0.2) is 22.4 Å². The molecule has 2 amide bonds. The number of anilines is 1. The molecule has 3 aromatic carbocycles. The molecule has 0 aliphatic carbocycles. The highest BCUT2D eigenvalue weighted by Crippen LogP contribution is 2.14. The number of aryl methyl sites for hydroxylation is 1. The van der Waals surface area contributed by atoms with Gasteiger partial charge in [0.15, 0.2) is 0 Å². The van der Waals surface area contributed by atoms with E-state index in [4.69, 9.17) is 0 Å². The second-order valence-electron chi connectivity index (χ2n) is 6.85. The van der Waals surface area contributed by atoms with Gasteiger partial charge in [-0.2, -0.15) is 5.10 Å². The minimum atomic E-state index is -0.491. The van der Waals surface area contributed by atoms with Gasteiger partial charge in [0, 0.05) is 34.5 Å². The molecule has 0 fully saturated rings. The summed E-state index contributed by atoms with van der Waals surface area (Å²) < 4.78 is 0. The molecule has 0 heterocycles. The van der Waals surface area contributed by atoms with E-state index in [-0.39, 0.29) is 11.6 Å². The third kappa shape index (κ3) is 5.60. The minimum absolute atomic E-state index is 0.0540. The third-order valence-electron chi connectivity index (χ3n) is 4.49. The van der Waals surface area contributed by atoms with Crippen molar-refractivity contribution >= 4 is 28.9 Å². The Morgan fingerprint density at radius 2 is 1.55 bits per heavy atom. The lowest BCUT2D eigenvalue weighted by atomic mass is 10.1. The second-order valence-corrected chi connectivity index (χ2v) is 6.85. The first kappa shape index (κ1) is 21.4. The maximum Gasteiger partial charge on any atom is 0.271 e. The Morgan fingerprint density at radius 1 is 0.871 bits per heavy atom. The van der Waals surface area contributed by atoms with Crippen LogP contribution in [0.2, 0.25) is 0 Å². The molecule has 31 heavy (non-hydrogen) atoms. The number of hydrazone groups is 1. The van der Waals surface area contributed by atoms with Gasteiger partial charge in [-0.15, -0.1) is 0 Å². The highest BCUT2D eigenvalue weighted by Gasteiger charge is 2.10. The fourth-order valence-corrected chi connectivity index (χ4v) is 2.80. The molecular formula is C23H20N4O4. The van der Waals surface area contributed by atoms with Crippen molar-refractivity contribution in [3.63, 3.8) is 0 Å². The van der Waals surface area contributed by atoms with Crippen LogP contribution in [0.4, 0.5) is 11.4 Å². The van der Waals surface area contributed by atoms with Gasteiger partial charge >= 0.3 is 0 Å². The zero-order valence-electron chi connectivity index (χ0n) is 17.0. The summed E-state index contributed by atoms with van der Waals surface area (Å²) >= 11 is 0. The maximum atomic E-state index is 12.3. The molecule has 0 aromatic heterocycles. The van der Waals surface area contributed by atoms with Crippen LogP contribution in [-0.2, 0) is 0 Å². The molecule has 0 saturated heterocycles. The van der Waals surface area contributed by atoms with E-state index in [1.54, 1.807) is 55.5 Å². The van der Waals surface area contributed by atoms with Crippen molar-refractivity contribution in [2.75, 3.05) is 5.32 Å². The van der Waals surface area contributed by atoms with Crippen LogP contribution in [0.15, 0.2) is 77.9 Å². The first-order valence-corrected chi connectivity index (χ1v) is 9.41. The molecule has 0 radical (unpaired) electrons. The van der Waals surface area contributed by atoms with Gasteiger partial charge in [0.2, 0.25) is 0 Å². The molecule has 0 atom stereocenters. The van der Waals surface area contributed by atoms with E-state index in [0.29, 0.717) is 28.1 Å². The Labute approximate surface area is 178 Å². The van der Waals surface area contributed by atoms with Crippen LogP contribution >= 0.6 is 0 Å². The Balaban J connectivity index is 1.63. The predicted octanol–water partition coefficient (Wildman–Crippen LogP) is 4.31. The molecule has 8 heteroatoms. The normalized spacial score (nSPS) is 11.0. The van der Waals surface area contributed by atoms with E-state index < -0.39 is 10.8 Å². The van der Waals surface area contributed by atoms with Gasteiger partial charge in [0.1, 0.15) is 0 Å². The summed E-state index contributed by atoms with van der Waals surface area (Å²) in [5, 5.41) is 17.7. The lowest BCUT2D eigenvalue weighted by molar-refractivity contribution is -0.384. The zero-order chi connectivity index (χ0) is 22.4. The number of benzene rings is 3. The summed E-state index contributed by atoms with van der Waals surface area (Å²) in [5.74, 6) is -0.681. The number of hydrogen-bond donors (Lipinski definition) is 2. The van der Waals surface area contributed by atoms with Crippen molar-refractivity contribution < 1.29 is 14.5 Å². The van der Waals surface area contributed by atoms with Crippen molar-refractivity contribution in [1.82, 2.24) is 5.43 Å². The van der Waals surface area contributed by atoms with Crippen molar-refractivity contribution in [2.24, 2.45) is 5.10 Å². The van der Waals surface area contributed by atoms with Gasteiger partial charge in [-0.3, -0.25) is 19.7 Å². The predicted molar refractivity (Wildman–Crippen MR) is 118 cm³/mol. The number of rotatable bonds is 6. The molecule has 0 saturated carbocycles. The van der Waals surface area contributed by atoms with E-state index in [0.717, 1.165) is 5.56 Å². The number of nitrogens with one attached hydrogen (secondary N) is 2. The van der Waals surface area contributed by atoms with Crippen LogP contribution in [0, 0.1) is 17.0 Å². The second kappa shape index (κ2) is 9.45. The molecule has 3 aromatic rings. The van der Waals surface area contributed by atoms with Crippen LogP contribution in [0.3, 0.4) is 0 Å². The fourth-order valence-electron chi connectivity index (χ4n) is 2.80. The maximum absolute atomic E-state index is 12.3. The van der Waals surface area contributed by atoms with E-state index in [1.165, 1.54) is 12.1 Å². The summed E-state index contributed by atoms with van der Waals surface area (Å²) in [6.07, 6.45) is 0. The summed E-state index contributed by atoms with van der Waals surface area (Å²) in [7, 11) is 0. The van der Waals surface area contributed by atoms with Crippen molar-refractivity contribution in [3.05, 3.63) is 105 Å². The topological polar surface area (TPSA) is 114 Å². The van der Waals surface area contributed by atoms with E-state index in [2.05, 4.69) is 15.8 Å². The molecule has 0 unspecified atom stereocenters. The van der Waals surface area contributed by atoms with Gasteiger partial charge in [0.05, 0.1) is 10.6 Å². The molecule has 0 spiro atoms. The number of nitro benzene ring substituents is 1. The number of carbonyl (C=O) groups is 2. The Kier molecular flexibility index (Phi) is 6.51. The lowest BCUT2D eigenvalue weighted by Gasteiger charge is -2.07. The van der Waals surface area contributed by atoms with Crippen molar-refractivity contribution in [3.8, 4) is 0 Å². The van der Waals surface area contributed by atoms with E-state index in [9.17, 15) is 19.7 Å². The third-order valence-corrected chi connectivity index (χ3v) is 4.49. The number of nitrogens with zero attached hydrogens (tertiary/aromatic N) is 2. The average Bonchev–Trinajstić information content (AvgIpc) is 2.77. The van der Waals surface area contributed by atoms with Gasteiger partial charge in [-0.25, -0.2) is 5.43 Å². The molecule has 0 aliphatic rings. The monoisotopic (exact) mass is 416 g/mol. The Bertz CT molecular complexity index is 1170. The Hall–Kier alpha value is -4.33. The average molecular weight is 416 g/mol. The van der Waals surface area contributed by atoms with Crippen LogP contribution in [0.25, 0.3) is 0 Å². The first-order chi connectivity index (χ1) is 14.8. The van der Waals surface area contributed by atoms with Crippen LogP contribution < -0.4 is 10.7 Å². The van der Waals surface area contributed by atoms with Gasteiger partial charge in [-0.1, -0.05) is 29.8 Å². The number of non-ortho nitro benzene ring substituents is 1. The smallest absolute Gasteiger partial charge is 0.271 e. The quantitative estimate of drug-likeness (QED) is 0.354. The summed E-state index contributed by atoms with van der Waals surface area (Å²) in [4.78, 5) is 35.0. The fraction of sp³-hybridized carbons (Fsp3) is 0.0870.